The third-order valence-electron chi connectivity index (χ3n) is 2.99. The number of phenols is 1. The fraction of sp³-hybridized carbons (Fsp3) is 0.600. The van der Waals surface area contributed by atoms with Gasteiger partial charge in [-0.15, -0.1) is 0 Å². The molecule has 0 aliphatic rings. The van der Waals surface area contributed by atoms with E-state index >= 15 is 0 Å². The van der Waals surface area contributed by atoms with Crippen molar-refractivity contribution in [3.63, 3.8) is 0 Å². The summed E-state index contributed by atoms with van der Waals surface area (Å²) in [4.78, 5) is 0. The van der Waals surface area contributed by atoms with Crippen LogP contribution < -0.4 is 10.1 Å². The number of methoxy groups -OCH3 is 1. The van der Waals surface area contributed by atoms with Gasteiger partial charge in [0, 0.05) is 12.1 Å². The highest BCUT2D eigenvalue weighted by atomic mass is 16.5. The zero-order valence-electron chi connectivity index (χ0n) is 11.7. The number of nitrogens with one attached hydrogen (secondary N) is 1. The Hall–Kier alpha value is -1.22. The van der Waals surface area contributed by atoms with Crippen LogP contribution in [-0.4, -0.2) is 18.8 Å². The van der Waals surface area contributed by atoms with Crippen LogP contribution in [0.3, 0.4) is 0 Å². The summed E-state index contributed by atoms with van der Waals surface area (Å²) in [6.07, 6.45) is 3.73. The van der Waals surface area contributed by atoms with Crippen LogP contribution in [0, 0.1) is 5.92 Å². The van der Waals surface area contributed by atoms with Crippen molar-refractivity contribution in [3.05, 3.63) is 23.8 Å². The van der Waals surface area contributed by atoms with Crippen molar-refractivity contribution in [2.24, 2.45) is 5.92 Å². The molecule has 0 saturated carbocycles. The molecular weight excluding hydrogens is 226 g/mol. The highest BCUT2D eigenvalue weighted by molar-refractivity contribution is 5.39. The van der Waals surface area contributed by atoms with Gasteiger partial charge in [0.1, 0.15) is 11.5 Å². The van der Waals surface area contributed by atoms with E-state index in [1.54, 1.807) is 19.2 Å². The molecule has 18 heavy (non-hydrogen) atoms. The van der Waals surface area contributed by atoms with E-state index in [1.165, 1.54) is 19.3 Å². The van der Waals surface area contributed by atoms with Gasteiger partial charge in [0.25, 0.3) is 0 Å². The first-order valence-electron chi connectivity index (χ1n) is 6.70. The van der Waals surface area contributed by atoms with E-state index in [0.717, 1.165) is 23.8 Å². The predicted octanol–water partition coefficient (Wildman–Crippen LogP) is 3.32. The fourth-order valence-corrected chi connectivity index (χ4v) is 1.86. The minimum Gasteiger partial charge on any atom is -0.508 e. The lowest BCUT2D eigenvalue weighted by Crippen LogP contribution is -2.15. The number of aromatic hydroxyl groups is 1. The van der Waals surface area contributed by atoms with Crippen molar-refractivity contribution in [1.29, 1.82) is 0 Å². The molecule has 3 heteroatoms. The maximum Gasteiger partial charge on any atom is 0.120 e. The molecule has 0 unspecified atom stereocenters. The van der Waals surface area contributed by atoms with Crippen molar-refractivity contribution in [1.82, 2.24) is 5.32 Å². The van der Waals surface area contributed by atoms with Gasteiger partial charge >= 0.3 is 0 Å². The second-order valence-electron chi connectivity index (χ2n) is 5.06. The normalized spacial score (nSPS) is 10.9. The Kier molecular flexibility index (Phi) is 6.58. The first kappa shape index (κ1) is 14.8. The summed E-state index contributed by atoms with van der Waals surface area (Å²) in [6.45, 7) is 6.18. The van der Waals surface area contributed by atoms with E-state index < -0.39 is 0 Å². The lowest BCUT2D eigenvalue weighted by molar-refractivity contribution is 0.410. The zero-order chi connectivity index (χ0) is 13.4. The molecule has 0 radical (unpaired) electrons. The molecule has 1 rings (SSSR count). The first-order chi connectivity index (χ1) is 8.63. The Labute approximate surface area is 110 Å². The second-order valence-corrected chi connectivity index (χ2v) is 5.06. The lowest BCUT2D eigenvalue weighted by Gasteiger charge is -2.09. The van der Waals surface area contributed by atoms with E-state index in [1.807, 2.05) is 6.07 Å². The molecule has 0 spiro atoms. The summed E-state index contributed by atoms with van der Waals surface area (Å²) in [5, 5.41) is 13.1. The summed E-state index contributed by atoms with van der Waals surface area (Å²) in [5.74, 6) is 1.89. The van der Waals surface area contributed by atoms with Crippen LogP contribution in [0.15, 0.2) is 18.2 Å². The standard InChI is InChI=1S/C15H25NO2/c1-12(2)6-4-5-9-16-11-13-10-14(18-3)7-8-15(13)17/h7-8,10,12,16-17H,4-6,9,11H2,1-3H3. The lowest BCUT2D eigenvalue weighted by atomic mass is 10.1. The number of phenolic OH excluding ortho intramolecular Hbond substituents is 1. The van der Waals surface area contributed by atoms with Crippen molar-refractivity contribution < 1.29 is 9.84 Å². The summed E-state index contributed by atoms with van der Waals surface area (Å²) >= 11 is 0. The van der Waals surface area contributed by atoms with Gasteiger partial charge in [0.05, 0.1) is 7.11 Å². The van der Waals surface area contributed by atoms with Crippen LogP contribution >= 0.6 is 0 Å². The Morgan fingerprint density at radius 2 is 2.06 bits per heavy atom. The molecule has 0 aliphatic carbocycles. The fourth-order valence-electron chi connectivity index (χ4n) is 1.86. The van der Waals surface area contributed by atoms with Gasteiger partial charge < -0.3 is 15.2 Å². The first-order valence-corrected chi connectivity index (χ1v) is 6.70. The summed E-state index contributed by atoms with van der Waals surface area (Å²) in [6, 6.07) is 5.31. The third kappa shape index (κ3) is 5.41. The molecule has 0 atom stereocenters. The van der Waals surface area contributed by atoms with E-state index in [4.69, 9.17) is 4.74 Å². The maximum atomic E-state index is 9.71. The Morgan fingerprint density at radius 3 is 2.72 bits per heavy atom. The molecule has 0 heterocycles. The van der Waals surface area contributed by atoms with Gasteiger partial charge in [0.2, 0.25) is 0 Å². The molecule has 0 bridgehead atoms. The third-order valence-corrected chi connectivity index (χ3v) is 2.99. The Bertz CT molecular complexity index is 350. The largest absolute Gasteiger partial charge is 0.508 e. The van der Waals surface area contributed by atoms with Crippen LogP contribution in [0.25, 0.3) is 0 Å². The molecule has 1 aromatic carbocycles. The molecule has 1 aromatic rings. The van der Waals surface area contributed by atoms with Crippen LogP contribution in [0.5, 0.6) is 11.5 Å². The molecule has 102 valence electrons. The molecule has 0 amide bonds. The van der Waals surface area contributed by atoms with Gasteiger partial charge in [-0.25, -0.2) is 0 Å². The number of rotatable bonds is 8. The van der Waals surface area contributed by atoms with Crippen LogP contribution in [-0.2, 0) is 6.54 Å². The molecule has 3 nitrogen and oxygen atoms in total. The van der Waals surface area contributed by atoms with E-state index in [2.05, 4.69) is 19.2 Å². The van der Waals surface area contributed by atoms with Crippen molar-refractivity contribution in [3.8, 4) is 11.5 Å². The Balaban J connectivity index is 2.26. The average Bonchev–Trinajstić information content (AvgIpc) is 2.35. The number of ether oxygens (including phenoxy) is 1. The molecule has 2 N–H and O–H groups in total. The number of unbranched alkanes of at least 4 members (excludes halogenated alkanes) is 1. The van der Waals surface area contributed by atoms with Crippen molar-refractivity contribution >= 4 is 0 Å². The minimum atomic E-state index is 0.325. The van der Waals surface area contributed by atoms with E-state index in [-0.39, 0.29) is 0 Å². The van der Waals surface area contributed by atoms with Gasteiger partial charge in [-0.3, -0.25) is 0 Å². The highest BCUT2D eigenvalue weighted by Crippen LogP contribution is 2.22. The zero-order valence-corrected chi connectivity index (χ0v) is 11.7. The summed E-state index contributed by atoms with van der Waals surface area (Å²) in [7, 11) is 1.63. The van der Waals surface area contributed by atoms with Crippen LogP contribution in [0.1, 0.15) is 38.7 Å². The number of hydrogen-bond acceptors (Lipinski definition) is 3. The van der Waals surface area contributed by atoms with Crippen molar-refractivity contribution in [2.75, 3.05) is 13.7 Å². The Morgan fingerprint density at radius 1 is 1.28 bits per heavy atom. The van der Waals surface area contributed by atoms with E-state index in [9.17, 15) is 5.11 Å². The summed E-state index contributed by atoms with van der Waals surface area (Å²) < 4.78 is 5.14. The minimum absolute atomic E-state index is 0.325. The van der Waals surface area contributed by atoms with E-state index in [0.29, 0.717) is 12.3 Å². The maximum absolute atomic E-state index is 9.71. The van der Waals surface area contributed by atoms with Gasteiger partial charge in [-0.05, 0) is 37.1 Å². The molecule has 0 aromatic heterocycles. The molecule has 0 saturated heterocycles. The van der Waals surface area contributed by atoms with Gasteiger partial charge in [-0.1, -0.05) is 26.7 Å². The average molecular weight is 251 g/mol. The van der Waals surface area contributed by atoms with Gasteiger partial charge in [-0.2, -0.15) is 0 Å². The topological polar surface area (TPSA) is 41.5 Å². The predicted molar refractivity (Wildman–Crippen MR) is 75.1 cm³/mol. The van der Waals surface area contributed by atoms with Gasteiger partial charge in [0.15, 0.2) is 0 Å². The quantitative estimate of drug-likeness (QED) is 0.696. The molecule has 0 aliphatic heterocycles. The molecular formula is C15H25NO2. The number of hydrogen-bond donors (Lipinski definition) is 2. The smallest absolute Gasteiger partial charge is 0.120 e. The van der Waals surface area contributed by atoms with Crippen LogP contribution in [0.4, 0.5) is 0 Å². The molecule has 0 fully saturated rings. The monoisotopic (exact) mass is 251 g/mol. The highest BCUT2D eigenvalue weighted by Gasteiger charge is 2.02. The van der Waals surface area contributed by atoms with Crippen molar-refractivity contribution in [2.45, 2.75) is 39.7 Å². The van der Waals surface area contributed by atoms with Crippen LogP contribution in [0.2, 0.25) is 0 Å². The second kappa shape index (κ2) is 7.98. The summed E-state index contributed by atoms with van der Waals surface area (Å²) in [5.41, 5.74) is 0.887. The SMILES string of the molecule is COc1ccc(O)c(CNCCCCC(C)C)c1. The number of benzene rings is 1.